The Labute approximate surface area is 792 Å². The molecule has 2 atom stereocenters. The summed E-state index contributed by atoms with van der Waals surface area (Å²) in [6.45, 7) is 5.67. The molecular formula is C114H122N4O12S4. The van der Waals surface area contributed by atoms with Crippen LogP contribution in [0.2, 0.25) is 0 Å². The number of hydrogen-bond acceptors (Lipinski definition) is 12. The maximum atomic E-state index is 13.3. The standard InChI is InChI=1S/C24H18O2.C20H17NO2.C19H27NO2S.C19H21NO2S.C17H18O2S.C15H21NO2S/c1-16(25)18-8-10-19(11-9-18)24(26)13-17-6-7-22-14-20-4-2-3-5-21(20)15-23(22)12-17;1-14(22)15-7-9-17(10-8-15)20(23)21(2)19-12-11-16-5-3-4-6-18(16)13-19;2*21-23(22,18-12-11-15-6-1-2-8-17(15)14-18)20-13-5-9-16-7-3-4-10-19(16)20;18-20(19,13-14-6-2-1-3-7-14)17-11-10-15-8-4-5-9-16(15)12-17;17-19(18,16-10-4-1-5-11-16)15-9-8-13-6-2-3-7-14(13)12-15/h2-12,14-15H,13H2,1H3;3-13H,1-2H3;11-12,14,16,19H,1-10,13H2;3-4,7,10-12,14H,1-2,5-6,8-9,13H2;1-3,6-7,10-12H,4-5,8-9,13H2;8-9,12H,1-7,10-11H2/t;;16-,19+;;;/m..1.../s1. The summed E-state index contributed by atoms with van der Waals surface area (Å²) in [6.07, 6.45) is 30.2. The highest BCUT2D eigenvalue weighted by Crippen LogP contribution is 2.41. The molecule has 3 heterocycles. The van der Waals surface area contributed by atoms with Gasteiger partial charge in [0.25, 0.3) is 15.9 Å². The summed E-state index contributed by atoms with van der Waals surface area (Å²) in [5, 5.41) is 6.96. The number of sulfonamides is 3. The third-order valence-electron chi connectivity index (χ3n) is 28.0. The van der Waals surface area contributed by atoms with Crippen LogP contribution in [0.15, 0.2) is 293 Å². The number of aryl methyl sites for hydroxylation is 9. The summed E-state index contributed by atoms with van der Waals surface area (Å²) >= 11 is 0. The van der Waals surface area contributed by atoms with Crippen LogP contribution in [0.5, 0.6) is 0 Å². The van der Waals surface area contributed by atoms with Crippen LogP contribution in [-0.2, 0) is 110 Å². The number of para-hydroxylation sites is 1. The largest absolute Gasteiger partial charge is 0.311 e. The minimum Gasteiger partial charge on any atom is -0.311 e. The van der Waals surface area contributed by atoms with Gasteiger partial charge in [-0.2, -0.15) is 8.61 Å². The van der Waals surface area contributed by atoms with Gasteiger partial charge in [-0.25, -0.2) is 33.7 Å². The minimum absolute atomic E-state index is 0.00533. The first-order valence-electron chi connectivity index (χ1n) is 48.1. The van der Waals surface area contributed by atoms with Crippen molar-refractivity contribution in [2.24, 2.45) is 5.92 Å². The van der Waals surface area contributed by atoms with Crippen molar-refractivity contribution in [3.8, 4) is 0 Å². The lowest BCUT2D eigenvalue weighted by atomic mass is 9.79. The molecule has 134 heavy (non-hydrogen) atoms. The lowest BCUT2D eigenvalue weighted by Gasteiger charge is -2.43. The predicted molar refractivity (Wildman–Crippen MR) is 540 cm³/mol. The molecule has 0 spiro atoms. The number of fused-ring (bicyclic) bond motifs is 9. The quantitative estimate of drug-likeness (QED) is 0.0652. The molecule has 0 bridgehead atoms. The Morgan fingerprint density at radius 1 is 0.313 bits per heavy atom. The number of sulfone groups is 1. The third kappa shape index (κ3) is 23.1. The van der Waals surface area contributed by atoms with Gasteiger partial charge in [0.1, 0.15) is 0 Å². The molecular weight excluding hydrogens is 1750 g/mol. The molecule has 13 aromatic carbocycles. The van der Waals surface area contributed by atoms with Gasteiger partial charge in [-0.15, -0.1) is 0 Å². The van der Waals surface area contributed by atoms with Crippen molar-refractivity contribution in [2.45, 2.75) is 225 Å². The molecule has 694 valence electrons. The van der Waals surface area contributed by atoms with Crippen molar-refractivity contribution in [2.75, 3.05) is 42.4 Å². The average Bonchev–Trinajstić information content (AvgIpc) is 0.767. The molecule has 21 rings (SSSR count). The third-order valence-corrected chi connectivity index (χ3v) is 35.3. The molecule has 20 heteroatoms. The van der Waals surface area contributed by atoms with E-state index in [4.69, 9.17) is 0 Å². The van der Waals surface area contributed by atoms with Crippen molar-refractivity contribution >= 4 is 107 Å². The summed E-state index contributed by atoms with van der Waals surface area (Å²) in [5.74, 6) is 0.616. The molecule has 13 aromatic rings. The van der Waals surface area contributed by atoms with E-state index < -0.39 is 39.9 Å². The van der Waals surface area contributed by atoms with Crippen LogP contribution >= 0.6 is 0 Å². The molecule has 3 fully saturated rings. The fourth-order valence-corrected chi connectivity index (χ4v) is 26.7. The Morgan fingerprint density at radius 2 is 0.746 bits per heavy atom. The highest BCUT2D eigenvalue weighted by molar-refractivity contribution is 7.93. The Hall–Kier alpha value is -11.4. The molecule has 2 saturated heterocycles. The minimum atomic E-state index is -3.48. The summed E-state index contributed by atoms with van der Waals surface area (Å²) in [5.41, 5.74) is 17.3. The van der Waals surface area contributed by atoms with Gasteiger partial charge in [-0.05, 0) is 358 Å². The monoisotopic (exact) mass is 1870 g/mol. The summed E-state index contributed by atoms with van der Waals surface area (Å²) in [4.78, 5) is 51.4. The number of ketones is 3. The Balaban J connectivity index is 0.000000117. The van der Waals surface area contributed by atoms with E-state index in [1.807, 2.05) is 168 Å². The van der Waals surface area contributed by atoms with Crippen molar-refractivity contribution in [3.63, 3.8) is 0 Å². The fraction of sp³-hybridized carbons (Fsp3) is 0.333. The Morgan fingerprint density at radius 3 is 1.31 bits per heavy atom. The molecule has 0 aromatic heterocycles. The Kier molecular flexibility index (Phi) is 31.1. The van der Waals surface area contributed by atoms with Gasteiger partial charge in [0.05, 0.1) is 31.0 Å². The Bertz CT molecular complexity index is 6930. The first-order valence-corrected chi connectivity index (χ1v) is 54.1. The smallest absolute Gasteiger partial charge is 0.264 e. The highest BCUT2D eigenvalue weighted by atomic mass is 32.2. The van der Waals surface area contributed by atoms with Crippen LogP contribution < -0.4 is 9.21 Å². The van der Waals surface area contributed by atoms with Gasteiger partial charge in [-0.1, -0.05) is 201 Å². The number of rotatable bonds is 16. The van der Waals surface area contributed by atoms with Crippen molar-refractivity contribution in [1.29, 1.82) is 0 Å². The number of benzene rings is 13. The molecule has 0 N–H and O–H groups in total. The van der Waals surface area contributed by atoms with Gasteiger partial charge < -0.3 is 4.90 Å². The van der Waals surface area contributed by atoms with Crippen molar-refractivity contribution in [1.82, 2.24) is 8.61 Å². The second-order valence-corrected chi connectivity index (χ2v) is 44.8. The summed E-state index contributed by atoms with van der Waals surface area (Å²) in [6, 6.07) is 86.8. The van der Waals surface area contributed by atoms with E-state index in [-0.39, 0.29) is 35.1 Å². The van der Waals surface area contributed by atoms with Gasteiger partial charge in [0, 0.05) is 73.6 Å². The number of amides is 1. The van der Waals surface area contributed by atoms with E-state index in [1.54, 1.807) is 87.3 Å². The lowest BCUT2D eigenvalue weighted by Crippen LogP contribution is -2.49. The zero-order valence-electron chi connectivity index (χ0n) is 77.3. The summed E-state index contributed by atoms with van der Waals surface area (Å²) < 4.78 is 108. The second kappa shape index (κ2) is 43.5. The highest BCUT2D eigenvalue weighted by Gasteiger charge is 2.41. The number of piperidine rings is 2. The molecule has 8 aliphatic rings. The molecule has 1 amide bonds. The number of anilines is 2. The van der Waals surface area contributed by atoms with Gasteiger partial charge in [-0.3, -0.25) is 23.5 Å². The van der Waals surface area contributed by atoms with Crippen LogP contribution in [0.4, 0.5) is 11.4 Å². The van der Waals surface area contributed by atoms with E-state index in [0.29, 0.717) is 80.4 Å². The van der Waals surface area contributed by atoms with Crippen LogP contribution in [0, 0.1) is 5.92 Å². The fourth-order valence-electron chi connectivity index (χ4n) is 20.4. The molecule has 3 aliphatic heterocycles. The van der Waals surface area contributed by atoms with Crippen LogP contribution in [0.25, 0.3) is 32.3 Å². The SMILES string of the molecule is CC(=O)c1ccc(C(=O)Cc2ccc3cc4ccccc4cc3c2)cc1.CC(=O)c1ccc(C(=O)N(C)c2ccc3ccccc3c2)cc1.O=S(=O)(Cc1ccccc1)c1ccc2c(c1)CCCC2.O=S(=O)(c1ccc2c(c1)CCCC2)N1CCCCC1.O=S(=O)(c1ccc2c(c1)CCCC2)N1CCC[C@H]2CCCC[C@@H]21.O=S(=O)(c1ccc2c(c1)CCCC2)N1CCCc2ccccc21. The molecule has 16 nitrogen and oxygen atoms in total. The number of hydrogen-bond donors (Lipinski definition) is 0. The van der Waals surface area contributed by atoms with Gasteiger partial charge >= 0.3 is 0 Å². The van der Waals surface area contributed by atoms with Gasteiger partial charge in [0.2, 0.25) is 20.0 Å². The topological polar surface area (TPSA) is 218 Å². The van der Waals surface area contributed by atoms with E-state index in [9.17, 15) is 52.8 Å². The average molecular weight is 1870 g/mol. The lowest BCUT2D eigenvalue weighted by molar-refractivity contribution is 0.0984. The molecule has 5 aliphatic carbocycles. The second-order valence-electron chi connectivity index (χ2n) is 37.1. The molecule has 0 unspecified atom stereocenters. The maximum absolute atomic E-state index is 13.3. The van der Waals surface area contributed by atoms with E-state index in [2.05, 4.69) is 42.5 Å². The first-order chi connectivity index (χ1) is 64.8. The predicted octanol–water partition coefficient (Wildman–Crippen LogP) is 23.8. The summed E-state index contributed by atoms with van der Waals surface area (Å²) in [7, 11) is -11.6. The maximum Gasteiger partial charge on any atom is 0.264 e. The molecule has 1 saturated carbocycles. The van der Waals surface area contributed by atoms with Crippen molar-refractivity contribution in [3.05, 3.63) is 356 Å². The normalized spacial score (nSPS) is 17.1. The van der Waals surface area contributed by atoms with E-state index >= 15 is 0 Å². The number of nitrogens with zero attached hydrogens (tertiary/aromatic N) is 4. The van der Waals surface area contributed by atoms with Gasteiger partial charge in [0.15, 0.2) is 27.2 Å². The first kappa shape index (κ1) is 95.8. The van der Waals surface area contributed by atoms with Crippen molar-refractivity contribution < 1.29 is 52.8 Å². The number of carbonyl (C=O) groups is 4. The van der Waals surface area contributed by atoms with E-state index in [0.717, 1.165) is 153 Å². The van der Waals surface area contributed by atoms with Crippen LogP contribution in [-0.4, -0.2) is 105 Å². The van der Waals surface area contributed by atoms with E-state index in [1.165, 1.54) is 139 Å². The zero-order chi connectivity index (χ0) is 93.5. The molecule has 0 radical (unpaired) electrons. The zero-order valence-corrected chi connectivity index (χ0v) is 80.6. The van der Waals surface area contributed by atoms with Crippen LogP contribution in [0.3, 0.4) is 0 Å². The number of Topliss-reactive ketones (excluding diaryl/α,β-unsaturated/α-hetero) is 3. The van der Waals surface area contributed by atoms with Crippen LogP contribution in [0.1, 0.15) is 232 Å². The number of carbonyl (C=O) groups excluding carboxylic acids is 4.